The smallest absolute Gasteiger partial charge is 0.251 e. The van der Waals surface area contributed by atoms with Gasteiger partial charge in [0.15, 0.2) is 0 Å². The molecule has 3 N–H and O–H groups in total. The molecule has 20 heavy (non-hydrogen) atoms. The first-order valence-electron chi connectivity index (χ1n) is 6.53. The normalized spacial score (nSPS) is 21.5. The predicted molar refractivity (Wildman–Crippen MR) is 75.7 cm³/mol. The largest absolute Gasteiger partial charge is 0.380 e. The maximum Gasteiger partial charge on any atom is 0.251 e. The van der Waals surface area contributed by atoms with E-state index < -0.39 is 0 Å². The molecule has 1 fully saturated rings. The van der Waals surface area contributed by atoms with Crippen molar-refractivity contribution in [2.45, 2.75) is 18.6 Å². The molecule has 0 aliphatic carbocycles. The zero-order valence-corrected chi connectivity index (χ0v) is 11.6. The van der Waals surface area contributed by atoms with Crippen LogP contribution in [0.2, 0.25) is 0 Å². The van der Waals surface area contributed by atoms with E-state index in [-0.39, 0.29) is 24.0 Å². The van der Waals surface area contributed by atoms with Gasteiger partial charge in [0, 0.05) is 32.0 Å². The molecule has 0 saturated carbocycles. The van der Waals surface area contributed by atoms with Gasteiger partial charge in [0.2, 0.25) is 5.91 Å². The average Bonchev–Trinajstić information content (AvgIpc) is 2.96. The molecule has 1 aromatic carbocycles. The van der Waals surface area contributed by atoms with E-state index in [2.05, 4.69) is 16.0 Å². The molecule has 0 spiro atoms. The standard InChI is InChI=1S/C14H19N3O3/c1-15-13(18)9-3-5-10(6-4-9)17-14(19)12-7-11(20-2)8-16-12/h3-6,11-12,16H,7-8H2,1-2H3,(H,15,18)(H,17,19). The maximum absolute atomic E-state index is 12.0. The Balaban J connectivity index is 1.93. The van der Waals surface area contributed by atoms with E-state index in [1.54, 1.807) is 38.4 Å². The molecule has 1 aliphatic heterocycles. The van der Waals surface area contributed by atoms with Crippen molar-refractivity contribution in [1.82, 2.24) is 10.6 Å². The van der Waals surface area contributed by atoms with Gasteiger partial charge in [-0.25, -0.2) is 0 Å². The van der Waals surface area contributed by atoms with E-state index >= 15 is 0 Å². The second kappa shape index (κ2) is 6.49. The van der Waals surface area contributed by atoms with Gasteiger partial charge in [0.1, 0.15) is 0 Å². The second-order valence-electron chi connectivity index (χ2n) is 4.70. The summed E-state index contributed by atoms with van der Waals surface area (Å²) in [5, 5.41) is 8.49. The molecule has 2 atom stereocenters. The summed E-state index contributed by atoms with van der Waals surface area (Å²) in [7, 11) is 3.22. The van der Waals surface area contributed by atoms with Crippen molar-refractivity contribution >= 4 is 17.5 Å². The molecule has 1 aromatic rings. The van der Waals surface area contributed by atoms with Gasteiger partial charge < -0.3 is 20.7 Å². The van der Waals surface area contributed by atoms with Crippen LogP contribution in [0.5, 0.6) is 0 Å². The Morgan fingerprint density at radius 3 is 2.55 bits per heavy atom. The fourth-order valence-corrected chi connectivity index (χ4v) is 2.16. The number of carbonyl (C=O) groups is 2. The quantitative estimate of drug-likeness (QED) is 0.742. The first kappa shape index (κ1) is 14.5. The number of methoxy groups -OCH3 is 1. The van der Waals surface area contributed by atoms with Crippen molar-refractivity contribution in [2.24, 2.45) is 0 Å². The summed E-state index contributed by atoms with van der Waals surface area (Å²) < 4.78 is 5.21. The molecule has 0 radical (unpaired) electrons. The summed E-state index contributed by atoms with van der Waals surface area (Å²) in [6, 6.07) is 6.54. The first-order chi connectivity index (χ1) is 9.63. The van der Waals surface area contributed by atoms with E-state index in [9.17, 15) is 9.59 Å². The van der Waals surface area contributed by atoms with E-state index in [0.29, 0.717) is 24.2 Å². The third-order valence-electron chi connectivity index (χ3n) is 3.38. The number of hydrogen-bond donors (Lipinski definition) is 3. The Hall–Kier alpha value is -1.92. The monoisotopic (exact) mass is 277 g/mol. The first-order valence-corrected chi connectivity index (χ1v) is 6.53. The molecular formula is C14H19N3O3. The van der Waals surface area contributed by atoms with Gasteiger partial charge in [-0.3, -0.25) is 9.59 Å². The third kappa shape index (κ3) is 3.34. The van der Waals surface area contributed by atoms with Crippen LogP contribution in [-0.4, -0.2) is 44.7 Å². The SMILES string of the molecule is CNC(=O)c1ccc(NC(=O)C2CC(OC)CN2)cc1. The predicted octanol–water partition coefficient (Wildman–Crippen LogP) is 0.362. The Morgan fingerprint density at radius 2 is 2.00 bits per heavy atom. The minimum absolute atomic E-state index is 0.0846. The molecule has 1 saturated heterocycles. The minimum atomic E-state index is -0.237. The van der Waals surface area contributed by atoms with Crippen LogP contribution in [0.25, 0.3) is 0 Å². The average molecular weight is 277 g/mol. The lowest BCUT2D eigenvalue weighted by molar-refractivity contribution is -0.118. The summed E-state index contributed by atoms with van der Waals surface area (Å²) >= 11 is 0. The van der Waals surface area contributed by atoms with Crippen molar-refractivity contribution in [1.29, 1.82) is 0 Å². The number of anilines is 1. The Labute approximate surface area is 117 Å². The van der Waals surface area contributed by atoms with Crippen LogP contribution in [0.15, 0.2) is 24.3 Å². The van der Waals surface area contributed by atoms with E-state index in [0.717, 1.165) is 0 Å². The second-order valence-corrected chi connectivity index (χ2v) is 4.70. The van der Waals surface area contributed by atoms with Crippen LogP contribution in [0.3, 0.4) is 0 Å². The van der Waals surface area contributed by atoms with Crippen molar-refractivity contribution < 1.29 is 14.3 Å². The summed E-state index contributed by atoms with van der Waals surface area (Å²) in [4.78, 5) is 23.4. The number of amides is 2. The molecule has 6 heteroatoms. The van der Waals surface area contributed by atoms with Crippen molar-refractivity contribution in [3.8, 4) is 0 Å². The van der Waals surface area contributed by atoms with Gasteiger partial charge in [-0.1, -0.05) is 0 Å². The highest BCUT2D eigenvalue weighted by Gasteiger charge is 2.29. The third-order valence-corrected chi connectivity index (χ3v) is 3.38. The van der Waals surface area contributed by atoms with Gasteiger partial charge >= 0.3 is 0 Å². The highest BCUT2D eigenvalue weighted by molar-refractivity contribution is 5.97. The number of hydrogen-bond acceptors (Lipinski definition) is 4. The molecular weight excluding hydrogens is 258 g/mol. The van der Waals surface area contributed by atoms with E-state index in [4.69, 9.17) is 4.74 Å². The highest BCUT2D eigenvalue weighted by Crippen LogP contribution is 2.14. The fraction of sp³-hybridized carbons (Fsp3) is 0.429. The molecule has 2 amide bonds. The van der Waals surface area contributed by atoms with Crippen molar-refractivity contribution in [3.63, 3.8) is 0 Å². The van der Waals surface area contributed by atoms with Gasteiger partial charge in [-0.05, 0) is 30.7 Å². The molecule has 2 rings (SSSR count). The van der Waals surface area contributed by atoms with Crippen molar-refractivity contribution in [3.05, 3.63) is 29.8 Å². The molecule has 1 aliphatic rings. The van der Waals surface area contributed by atoms with Crippen LogP contribution in [0.1, 0.15) is 16.8 Å². The molecule has 6 nitrogen and oxygen atoms in total. The fourth-order valence-electron chi connectivity index (χ4n) is 2.16. The Morgan fingerprint density at radius 1 is 1.30 bits per heavy atom. The van der Waals surface area contributed by atoms with Gasteiger partial charge in [-0.15, -0.1) is 0 Å². The van der Waals surface area contributed by atoms with Gasteiger partial charge in [0.25, 0.3) is 5.91 Å². The zero-order valence-electron chi connectivity index (χ0n) is 11.6. The molecule has 0 bridgehead atoms. The van der Waals surface area contributed by atoms with E-state index in [1.807, 2.05) is 0 Å². The van der Waals surface area contributed by atoms with Gasteiger partial charge in [-0.2, -0.15) is 0 Å². The molecule has 108 valence electrons. The summed E-state index contributed by atoms with van der Waals surface area (Å²) in [5.74, 6) is -0.236. The zero-order chi connectivity index (χ0) is 14.5. The lowest BCUT2D eigenvalue weighted by Gasteiger charge is -2.11. The topological polar surface area (TPSA) is 79.5 Å². The highest BCUT2D eigenvalue weighted by atomic mass is 16.5. The number of nitrogens with one attached hydrogen (secondary N) is 3. The summed E-state index contributed by atoms with van der Waals surface area (Å²) in [6.45, 7) is 0.685. The number of carbonyl (C=O) groups excluding carboxylic acids is 2. The van der Waals surface area contributed by atoms with Gasteiger partial charge in [0.05, 0.1) is 12.1 Å². The Bertz CT molecular complexity index is 487. The summed E-state index contributed by atoms with van der Waals surface area (Å²) in [6.07, 6.45) is 0.750. The maximum atomic E-state index is 12.0. The number of benzene rings is 1. The lowest BCUT2D eigenvalue weighted by Crippen LogP contribution is -2.35. The molecule has 2 unspecified atom stereocenters. The van der Waals surface area contributed by atoms with Crippen LogP contribution in [-0.2, 0) is 9.53 Å². The Kier molecular flexibility index (Phi) is 4.70. The molecule has 1 heterocycles. The van der Waals surface area contributed by atoms with Crippen LogP contribution in [0, 0.1) is 0 Å². The number of rotatable bonds is 4. The lowest BCUT2D eigenvalue weighted by atomic mass is 10.1. The molecule has 0 aromatic heterocycles. The minimum Gasteiger partial charge on any atom is -0.380 e. The van der Waals surface area contributed by atoms with Crippen LogP contribution < -0.4 is 16.0 Å². The van der Waals surface area contributed by atoms with E-state index in [1.165, 1.54) is 0 Å². The summed E-state index contributed by atoms with van der Waals surface area (Å²) in [5.41, 5.74) is 1.23. The van der Waals surface area contributed by atoms with Crippen LogP contribution >= 0.6 is 0 Å². The number of ether oxygens (including phenoxy) is 1. The van der Waals surface area contributed by atoms with Crippen LogP contribution in [0.4, 0.5) is 5.69 Å². The van der Waals surface area contributed by atoms with Crippen molar-refractivity contribution in [2.75, 3.05) is 26.0 Å².